The number of aliphatic hydroxyl groups is 3. The van der Waals surface area contributed by atoms with Crippen molar-refractivity contribution in [2.45, 2.75) is 105 Å². The Morgan fingerprint density at radius 1 is 0.500 bits per heavy atom. The maximum absolute atomic E-state index is 10.1. The molecule has 6 heteroatoms. The minimum atomic E-state index is -0.750. The van der Waals surface area contributed by atoms with Crippen LogP contribution >= 0.6 is 0 Å². The Morgan fingerprint density at radius 2 is 0.500 bits per heavy atom. The fourth-order valence-electron chi connectivity index (χ4n) is 0. The third-order valence-electron chi connectivity index (χ3n) is 0. The molecule has 0 aromatic rings. The topological polar surface area (TPSA) is 119 Å². The summed E-state index contributed by atoms with van der Waals surface area (Å²) >= 11 is 0. The van der Waals surface area contributed by atoms with Crippen molar-refractivity contribution < 1.29 is 50.0 Å². The molecular formula is C16H42NNaO4. The largest absolute Gasteiger partial charge is 1.00 e. The van der Waals surface area contributed by atoms with Crippen LogP contribution in [0.3, 0.4) is 0 Å². The summed E-state index contributed by atoms with van der Waals surface area (Å²) in [6, 6.07) is 0. The van der Waals surface area contributed by atoms with E-state index in [1.54, 1.807) is 83.1 Å². The molecule has 0 radical (unpaired) electrons. The van der Waals surface area contributed by atoms with Crippen LogP contribution in [-0.4, -0.2) is 37.7 Å². The summed E-state index contributed by atoms with van der Waals surface area (Å²) in [5, 5.41) is 35.7. The van der Waals surface area contributed by atoms with Gasteiger partial charge in [-0.05, 0) is 62.3 Å². The van der Waals surface area contributed by atoms with Crippen LogP contribution < -0.4 is 40.8 Å². The van der Waals surface area contributed by atoms with Crippen molar-refractivity contribution in [2.75, 3.05) is 0 Å². The van der Waals surface area contributed by atoms with Crippen LogP contribution in [0.1, 0.15) is 83.1 Å². The Balaban J connectivity index is -0.0000000376. The molecule has 0 heterocycles. The second kappa shape index (κ2) is 15.3. The van der Waals surface area contributed by atoms with Gasteiger partial charge in [-0.3, -0.25) is 0 Å². The van der Waals surface area contributed by atoms with Crippen LogP contribution in [0.4, 0.5) is 0 Å². The second-order valence-corrected chi connectivity index (χ2v) is 8.62. The smallest absolute Gasteiger partial charge is 0.850 e. The maximum Gasteiger partial charge on any atom is 1.00 e. The summed E-state index contributed by atoms with van der Waals surface area (Å²) in [4.78, 5) is 0. The molecule has 0 amide bonds. The molecule has 6 N–H and O–H groups in total. The predicted molar refractivity (Wildman–Crippen MR) is 90.7 cm³/mol. The van der Waals surface area contributed by atoms with Crippen molar-refractivity contribution in [3.8, 4) is 0 Å². The Hall–Kier alpha value is 0.800. The molecule has 0 aliphatic rings. The molecule has 136 valence electrons. The van der Waals surface area contributed by atoms with Gasteiger partial charge in [-0.25, -0.2) is 0 Å². The van der Waals surface area contributed by atoms with E-state index >= 15 is 0 Å². The van der Waals surface area contributed by atoms with Crippen LogP contribution in [0.2, 0.25) is 0 Å². The Morgan fingerprint density at radius 3 is 0.500 bits per heavy atom. The van der Waals surface area contributed by atoms with Gasteiger partial charge in [0.2, 0.25) is 0 Å². The Labute approximate surface area is 161 Å². The molecule has 0 rings (SSSR count). The first-order chi connectivity index (χ1) is 8.00. The molecular weight excluding hydrogens is 293 g/mol. The van der Waals surface area contributed by atoms with Crippen LogP contribution in [0, 0.1) is 0 Å². The van der Waals surface area contributed by atoms with Gasteiger partial charge in [0.1, 0.15) is 0 Å². The summed E-state index contributed by atoms with van der Waals surface area (Å²) in [5.74, 6) is 0. The van der Waals surface area contributed by atoms with Gasteiger partial charge < -0.3 is 26.6 Å². The maximum atomic E-state index is 10.1. The molecule has 0 saturated heterocycles. The minimum absolute atomic E-state index is 0. The van der Waals surface area contributed by atoms with Crippen molar-refractivity contribution in [1.29, 1.82) is 0 Å². The summed E-state index contributed by atoms with van der Waals surface area (Å²) in [7, 11) is 0. The third-order valence-corrected chi connectivity index (χ3v) is 0. The zero-order chi connectivity index (χ0) is 18.0. The standard InChI is InChI=1S/3C4H10O.C4H9O.H3N.Na/c4*1-4(2,3)5;;/h3*5H,1-3H3;1-3H3;1H3;/q;;;-1;;+1. The molecule has 22 heavy (non-hydrogen) atoms. The van der Waals surface area contributed by atoms with E-state index in [1.807, 2.05) is 0 Å². The van der Waals surface area contributed by atoms with Crippen LogP contribution in [0.5, 0.6) is 0 Å². The van der Waals surface area contributed by atoms with Gasteiger partial charge in [0, 0.05) is 0 Å². The van der Waals surface area contributed by atoms with Crippen molar-refractivity contribution in [3.05, 3.63) is 0 Å². The normalized spacial score (nSPS) is 10.9. The molecule has 0 fully saturated rings. The number of hydrogen-bond acceptors (Lipinski definition) is 5. The average molecular weight is 336 g/mol. The third kappa shape index (κ3) is 12700. The van der Waals surface area contributed by atoms with E-state index in [4.69, 9.17) is 15.3 Å². The van der Waals surface area contributed by atoms with Gasteiger partial charge in [0.25, 0.3) is 0 Å². The summed E-state index contributed by atoms with van der Waals surface area (Å²) in [6.07, 6.45) is 0. The van der Waals surface area contributed by atoms with E-state index in [1.165, 1.54) is 0 Å². The molecule has 0 aliphatic heterocycles. The Bertz CT molecular complexity index is 136. The van der Waals surface area contributed by atoms with Gasteiger partial charge in [0.15, 0.2) is 0 Å². The van der Waals surface area contributed by atoms with E-state index in [0.29, 0.717) is 0 Å². The molecule has 0 aliphatic carbocycles. The molecule has 0 spiro atoms. The quantitative estimate of drug-likeness (QED) is 0.451. The first-order valence-electron chi connectivity index (χ1n) is 6.87. The SMILES string of the molecule is CC(C)(C)O.CC(C)(C)O.CC(C)(C)O.CC(C)(C)[O-].N.[Na+]. The molecule has 5 nitrogen and oxygen atoms in total. The predicted octanol–water partition coefficient (Wildman–Crippen LogP) is -0.357. The van der Waals surface area contributed by atoms with Crippen molar-refractivity contribution in [2.24, 2.45) is 0 Å². The fourth-order valence-corrected chi connectivity index (χ4v) is 0. The zero-order valence-electron chi connectivity index (χ0n) is 17.5. The van der Waals surface area contributed by atoms with Crippen LogP contribution in [-0.2, 0) is 0 Å². The molecule has 0 atom stereocenters. The van der Waals surface area contributed by atoms with Gasteiger partial charge in [-0.2, -0.15) is 0 Å². The van der Waals surface area contributed by atoms with Crippen LogP contribution in [0.15, 0.2) is 0 Å². The fraction of sp³-hybridized carbons (Fsp3) is 1.00. The van der Waals surface area contributed by atoms with Crippen molar-refractivity contribution >= 4 is 0 Å². The molecule has 0 unspecified atom stereocenters. The van der Waals surface area contributed by atoms with Crippen molar-refractivity contribution in [1.82, 2.24) is 6.15 Å². The summed E-state index contributed by atoms with van der Waals surface area (Å²) in [5.41, 5.74) is -2.25. The van der Waals surface area contributed by atoms with E-state index in [9.17, 15) is 5.11 Å². The van der Waals surface area contributed by atoms with E-state index in [2.05, 4.69) is 0 Å². The molecule has 0 bridgehead atoms. The van der Waals surface area contributed by atoms with Gasteiger partial charge in [0.05, 0.1) is 16.8 Å². The van der Waals surface area contributed by atoms with Gasteiger partial charge in [-0.15, -0.1) is 5.60 Å². The minimum Gasteiger partial charge on any atom is -0.850 e. The van der Waals surface area contributed by atoms with E-state index in [0.717, 1.165) is 0 Å². The first kappa shape index (κ1) is 38.4. The molecule has 0 aromatic carbocycles. The van der Waals surface area contributed by atoms with Gasteiger partial charge in [-0.1, -0.05) is 20.8 Å². The molecule has 0 aromatic heterocycles. The summed E-state index contributed by atoms with van der Waals surface area (Å²) in [6.45, 7) is 20.6. The first-order valence-corrected chi connectivity index (χ1v) is 6.87. The molecule has 0 saturated carbocycles. The monoisotopic (exact) mass is 335 g/mol. The summed E-state index contributed by atoms with van der Waals surface area (Å²) < 4.78 is 0. The van der Waals surface area contributed by atoms with Crippen LogP contribution in [0.25, 0.3) is 0 Å². The zero-order valence-corrected chi connectivity index (χ0v) is 19.5. The van der Waals surface area contributed by atoms with Gasteiger partial charge >= 0.3 is 29.6 Å². The second-order valence-electron chi connectivity index (χ2n) is 8.62. The van der Waals surface area contributed by atoms with Crippen molar-refractivity contribution in [3.63, 3.8) is 0 Å². The van der Waals surface area contributed by atoms with E-state index < -0.39 is 22.4 Å². The van der Waals surface area contributed by atoms with E-state index in [-0.39, 0.29) is 35.7 Å². The number of hydrogen-bond donors (Lipinski definition) is 4. The number of rotatable bonds is 0. The Kier molecular flexibility index (Phi) is 26.8. The average Bonchev–Trinajstić information content (AvgIpc) is 1.62.